The van der Waals surface area contributed by atoms with Gasteiger partial charge in [-0.2, -0.15) is 0 Å². The Balaban J connectivity index is 1.45. The molecule has 0 aromatic heterocycles. The number of rotatable bonds is 9. The molecule has 0 saturated carbocycles. The molecule has 0 aromatic rings. The number of hydrogen-bond acceptors (Lipinski definition) is 5. The first-order chi connectivity index (χ1) is 13.2. The van der Waals surface area contributed by atoms with Crippen LogP contribution in [0.25, 0.3) is 0 Å². The standard InChI is InChI=1S/C19H37N5O3/c1-17(25)24-11-9-23(10-12-24)8-7-22-19(20-2)21-6-3-13-27-16-18-4-14-26-15-5-18/h18H,3-16H2,1-2H3,(H2,20,21,22). The number of nitrogens with zero attached hydrogens (tertiary/aromatic N) is 3. The fraction of sp³-hybridized carbons (Fsp3) is 0.895. The Morgan fingerprint density at radius 1 is 1.15 bits per heavy atom. The molecule has 0 aliphatic carbocycles. The topological polar surface area (TPSA) is 78.4 Å². The second-order valence-electron chi connectivity index (χ2n) is 7.26. The van der Waals surface area contributed by atoms with Gasteiger partial charge in [-0.3, -0.25) is 14.7 Å². The smallest absolute Gasteiger partial charge is 0.219 e. The first-order valence-corrected chi connectivity index (χ1v) is 10.3. The van der Waals surface area contributed by atoms with Crippen LogP contribution >= 0.6 is 0 Å². The van der Waals surface area contributed by atoms with Crippen molar-refractivity contribution in [1.29, 1.82) is 0 Å². The number of ether oxygens (including phenoxy) is 2. The number of piperazine rings is 1. The van der Waals surface area contributed by atoms with Crippen LogP contribution in [-0.4, -0.2) is 101 Å². The number of amides is 1. The second-order valence-corrected chi connectivity index (χ2v) is 7.26. The molecule has 2 N–H and O–H groups in total. The fourth-order valence-corrected chi connectivity index (χ4v) is 3.38. The van der Waals surface area contributed by atoms with Crippen molar-refractivity contribution in [1.82, 2.24) is 20.4 Å². The average molecular weight is 384 g/mol. The molecule has 0 unspecified atom stereocenters. The van der Waals surface area contributed by atoms with Crippen LogP contribution in [0.4, 0.5) is 0 Å². The van der Waals surface area contributed by atoms with Crippen molar-refractivity contribution in [3.63, 3.8) is 0 Å². The van der Waals surface area contributed by atoms with Crippen molar-refractivity contribution < 1.29 is 14.3 Å². The molecule has 1 amide bonds. The molecule has 8 nitrogen and oxygen atoms in total. The van der Waals surface area contributed by atoms with E-state index in [9.17, 15) is 4.79 Å². The van der Waals surface area contributed by atoms with Crippen LogP contribution in [0.3, 0.4) is 0 Å². The van der Waals surface area contributed by atoms with E-state index in [1.165, 1.54) is 0 Å². The molecule has 0 spiro atoms. The van der Waals surface area contributed by atoms with E-state index in [-0.39, 0.29) is 5.91 Å². The summed E-state index contributed by atoms with van der Waals surface area (Å²) < 4.78 is 11.1. The molecule has 2 saturated heterocycles. The van der Waals surface area contributed by atoms with Crippen LogP contribution in [0.2, 0.25) is 0 Å². The van der Waals surface area contributed by atoms with Crippen LogP contribution in [0.5, 0.6) is 0 Å². The Morgan fingerprint density at radius 3 is 2.52 bits per heavy atom. The Kier molecular flexibility index (Phi) is 10.5. The van der Waals surface area contributed by atoms with E-state index < -0.39 is 0 Å². The van der Waals surface area contributed by atoms with Gasteiger partial charge in [0.25, 0.3) is 0 Å². The molecule has 156 valence electrons. The molecular weight excluding hydrogens is 346 g/mol. The largest absolute Gasteiger partial charge is 0.381 e. The SMILES string of the molecule is CN=C(NCCCOCC1CCOCC1)NCCN1CCN(C(C)=O)CC1. The maximum Gasteiger partial charge on any atom is 0.219 e. The van der Waals surface area contributed by atoms with E-state index in [4.69, 9.17) is 9.47 Å². The highest BCUT2D eigenvalue weighted by molar-refractivity contribution is 5.79. The first-order valence-electron chi connectivity index (χ1n) is 10.3. The summed E-state index contributed by atoms with van der Waals surface area (Å²) in [6.07, 6.45) is 3.22. The Labute approximate surface area is 163 Å². The van der Waals surface area contributed by atoms with Gasteiger partial charge < -0.3 is 25.0 Å². The predicted molar refractivity (Wildman–Crippen MR) is 107 cm³/mol. The molecule has 0 aromatic carbocycles. The molecule has 2 aliphatic rings. The lowest BCUT2D eigenvalue weighted by molar-refractivity contribution is -0.130. The fourth-order valence-electron chi connectivity index (χ4n) is 3.38. The van der Waals surface area contributed by atoms with Crippen LogP contribution < -0.4 is 10.6 Å². The molecular formula is C19H37N5O3. The van der Waals surface area contributed by atoms with Crippen LogP contribution in [-0.2, 0) is 14.3 Å². The minimum atomic E-state index is 0.175. The maximum atomic E-state index is 11.4. The van der Waals surface area contributed by atoms with Crippen LogP contribution in [0, 0.1) is 5.92 Å². The summed E-state index contributed by atoms with van der Waals surface area (Å²) in [5.74, 6) is 1.68. The molecule has 2 heterocycles. The summed E-state index contributed by atoms with van der Waals surface area (Å²) in [6.45, 7) is 11.2. The second kappa shape index (κ2) is 12.9. The highest BCUT2D eigenvalue weighted by Gasteiger charge is 2.18. The molecule has 0 radical (unpaired) electrons. The lowest BCUT2D eigenvalue weighted by Crippen LogP contribution is -2.50. The number of hydrogen-bond donors (Lipinski definition) is 2. The lowest BCUT2D eigenvalue weighted by atomic mass is 10.0. The zero-order valence-electron chi connectivity index (χ0n) is 17.0. The monoisotopic (exact) mass is 383 g/mol. The van der Waals surface area contributed by atoms with Gasteiger partial charge in [0.2, 0.25) is 5.91 Å². The Bertz CT molecular complexity index is 447. The average Bonchev–Trinajstić information content (AvgIpc) is 2.70. The number of aliphatic imine (C=N–C) groups is 1. The number of carbonyl (C=O) groups is 1. The summed E-state index contributed by atoms with van der Waals surface area (Å²) in [5, 5.41) is 6.69. The molecule has 0 atom stereocenters. The van der Waals surface area contributed by atoms with Gasteiger partial charge in [0, 0.05) is 86.2 Å². The third-order valence-electron chi connectivity index (χ3n) is 5.21. The summed E-state index contributed by atoms with van der Waals surface area (Å²) in [7, 11) is 1.79. The predicted octanol–water partition coefficient (Wildman–Crippen LogP) is 0.149. The van der Waals surface area contributed by atoms with Gasteiger partial charge in [0.15, 0.2) is 5.96 Å². The number of guanidine groups is 1. The molecule has 27 heavy (non-hydrogen) atoms. The van der Waals surface area contributed by atoms with E-state index in [2.05, 4.69) is 20.5 Å². The van der Waals surface area contributed by atoms with Crippen molar-refractivity contribution in [3.05, 3.63) is 0 Å². The molecule has 2 rings (SSSR count). The van der Waals surface area contributed by atoms with E-state index in [1.54, 1.807) is 14.0 Å². The third-order valence-corrected chi connectivity index (χ3v) is 5.21. The van der Waals surface area contributed by atoms with Crippen molar-refractivity contribution in [2.24, 2.45) is 10.9 Å². The number of nitrogens with one attached hydrogen (secondary N) is 2. The highest BCUT2D eigenvalue weighted by Crippen LogP contribution is 2.14. The van der Waals surface area contributed by atoms with E-state index >= 15 is 0 Å². The minimum absolute atomic E-state index is 0.175. The highest BCUT2D eigenvalue weighted by atomic mass is 16.5. The number of carbonyl (C=O) groups excluding carboxylic acids is 1. The van der Waals surface area contributed by atoms with Gasteiger partial charge in [-0.25, -0.2) is 0 Å². The molecule has 2 fully saturated rings. The van der Waals surface area contributed by atoms with Gasteiger partial charge in [0.1, 0.15) is 0 Å². The van der Waals surface area contributed by atoms with Crippen LogP contribution in [0.1, 0.15) is 26.2 Å². The van der Waals surface area contributed by atoms with E-state index in [0.717, 1.165) is 97.5 Å². The quantitative estimate of drug-likeness (QED) is 0.335. The normalized spacial score (nSPS) is 19.9. The zero-order valence-corrected chi connectivity index (χ0v) is 17.0. The maximum absolute atomic E-state index is 11.4. The third kappa shape index (κ3) is 8.90. The van der Waals surface area contributed by atoms with Gasteiger partial charge in [-0.15, -0.1) is 0 Å². The molecule has 2 aliphatic heterocycles. The molecule has 8 heteroatoms. The van der Waals surface area contributed by atoms with E-state index in [1.807, 2.05) is 4.90 Å². The summed E-state index contributed by atoms with van der Waals surface area (Å²) in [5.41, 5.74) is 0. The van der Waals surface area contributed by atoms with Crippen LogP contribution in [0.15, 0.2) is 4.99 Å². The van der Waals surface area contributed by atoms with Gasteiger partial charge in [-0.05, 0) is 25.2 Å². The Morgan fingerprint density at radius 2 is 1.85 bits per heavy atom. The van der Waals surface area contributed by atoms with Crippen molar-refractivity contribution >= 4 is 11.9 Å². The first kappa shape index (κ1) is 21.9. The summed E-state index contributed by atoms with van der Waals surface area (Å²) in [4.78, 5) is 19.9. The zero-order chi connectivity index (χ0) is 19.3. The minimum Gasteiger partial charge on any atom is -0.381 e. The summed E-state index contributed by atoms with van der Waals surface area (Å²) >= 11 is 0. The van der Waals surface area contributed by atoms with Crippen molar-refractivity contribution in [2.45, 2.75) is 26.2 Å². The van der Waals surface area contributed by atoms with Gasteiger partial charge >= 0.3 is 0 Å². The van der Waals surface area contributed by atoms with Crippen molar-refractivity contribution in [3.8, 4) is 0 Å². The summed E-state index contributed by atoms with van der Waals surface area (Å²) in [6, 6.07) is 0. The van der Waals surface area contributed by atoms with Gasteiger partial charge in [0.05, 0.1) is 0 Å². The van der Waals surface area contributed by atoms with E-state index in [0.29, 0.717) is 5.92 Å². The van der Waals surface area contributed by atoms with Crippen molar-refractivity contribution in [2.75, 3.05) is 79.3 Å². The lowest BCUT2D eigenvalue weighted by Gasteiger charge is -2.34. The Hall–Kier alpha value is -1.38. The van der Waals surface area contributed by atoms with Gasteiger partial charge in [-0.1, -0.05) is 0 Å². The molecule has 0 bridgehead atoms.